The normalized spacial score (nSPS) is 23.5. The Hall–Kier alpha value is -1.91. The molecule has 1 fully saturated rings. The molecule has 1 aromatic carbocycles. The lowest BCUT2D eigenvalue weighted by molar-refractivity contribution is -0.150. The van der Waals surface area contributed by atoms with E-state index in [1.54, 1.807) is 7.05 Å². The molecule has 176 valence electrons. The molecule has 2 amide bonds. The molecule has 32 heavy (non-hydrogen) atoms. The Morgan fingerprint density at radius 1 is 1.22 bits per heavy atom. The Labute approximate surface area is 192 Å². The molecule has 0 radical (unpaired) electrons. The fourth-order valence-electron chi connectivity index (χ4n) is 4.13. The molecule has 5 atom stereocenters. The minimum absolute atomic E-state index is 0.291. The van der Waals surface area contributed by atoms with Crippen LogP contribution in [0.2, 0.25) is 0 Å². The summed E-state index contributed by atoms with van der Waals surface area (Å²) >= 11 is 1.45. The number of nitrogens with one attached hydrogen (secondary N) is 1. The van der Waals surface area contributed by atoms with Gasteiger partial charge in [-0.25, -0.2) is 0 Å². The Bertz CT molecular complexity index is 828. The smallest absolute Gasteiger partial charge is 0.252 e. The summed E-state index contributed by atoms with van der Waals surface area (Å²) in [7, 11) is 2.87. The molecule has 9 heteroatoms. The van der Waals surface area contributed by atoms with Gasteiger partial charge in [0.1, 0.15) is 24.4 Å². The second kappa shape index (κ2) is 11.3. The van der Waals surface area contributed by atoms with Gasteiger partial charge < -0.3 is 30.3 Å². The number of anilines is 1. The third-order valence-electron chi connectivity index (χ3n) is 6.08. The number of methoxy groups -OCH3 is 1. The van der Waals surface area contributed by atoms with Gasteiger partial charge in [-0.2, -0.15) is 0 Å². The monoisotopic (exact) mass is 464 g/mol. The molecule has 1 saturated carbocycles. The highest BCUT2D eigenvalue weighted by molar-refractivity contribution is 7.99. The first-order valence-electron chi connectivity index (χ1n) is 10.9. The number of amides is 2. The number of hydrogen-bond donors (Lipinski definition) is 4. The molecule has 1 aliphatic heterocycles. The zero-order valence-electron chi connectivity index (χ0n) is 18.4. The predicted molar refractivity (Wildman–Crippen MR) is 122 cm³/mol. The van der Waals surface area contributed by atoms with E-state index in [1.165, 1.54) is 29.8 Å². The Morgan fingerprint density at radius 3 is 2.59 bits per heavy atom. The molecule has 0 aromatic heterocycles. The number of fused-ring (bicyclic) bond motifs is 1. The second-order valence-corrected chi connectivity index (χ2v) is 9.36. The summed E-state index contributed by atoms with van der Waals surface area (Å²) in [6, 6.07) is 6.64. The number of ether oxygens (including phenoxy) is 1. The van der Waals surface area contributed by atoms with Gasteiger partial charge in [-0.3, -0.25) is 9.59 Å². The highest BCUT2D eigenvalue weighted by Gasteiger charge is 2.38. The average molecular weight is 465 g/mol. The van der Waals surface area contributed by atoms with E-state index in [9.17, 15) is 24.9 Å². The van der Waals surface area contributed by atoms with E-state index in [-0.39, 0.29) is 5.91 Å². The molecular formula is C23H32N2O6S. The topological polar surface area (TPSA) is 119 Å². The number of carbonyl (C=O) groups excluding carboxylic acids is 2. The highest BCUT2D eigenvalue weighted by atomic mass is 32.2. The molecule has 0 unspecified atom stereocenters. The minimum Gasteiger partial charge on any atom is -0.387 e. The number of allylic oxidation sites excluding steroid dienone is 1. The van der Waals surface area contributed by atoms with E-state index in [1.807, 2.05) is 30.3 Å². The van der Waals surface area contributed by atoms with Crippen LogP contribution in [0.15, 0.2) is 41.3 Å². The van der Waals surface area contributed by atoms with Gasteiger partial charge in [0.25, 0.3) is 5.91 Å². The lowest BCUT2D eigenvalue weighted by Gasteiger charge is -2.28. The summed E-state index contributed by atoms with van der Waals surface area (Å²) in [5.74, 6) is -0.353. The van der Waals surface area contributed by atoms with Crippen molar-refractivity contribution in [2.45, 2.75) is 61.0 Å². The third-order valence-corrected chi connectivity index (χ3v) is 7.24. The number of rotatable bonds is 8. The first kappa shape index (κ1) is 24.7. The molecule has 0 bridgehead atoms. The van der Waals surface area contributed by atoms with E-state index in [4.69, 9.17) is 4.74 Å². The molecule has 0 spiro atoms. The van der Waals surface area contributed by atoms with Crippen molar-refractivity contribution in [2.75, 3.05) is 24.8 Å². The zero-order valence-corrected chi connectivity index (χ0v) is 19.2. The molecular weight excluding hydrogens is 432 g/mol. The van der Waals surface area contributed by atoms with Crippen LogP contribution in [-0.4, -0.2) is 77.5 Å². The fraction of sp³-hybridized carbons (Fsp3) is 0.565. The highest BCUT2D eigenvalue weighted by Crippen LogP contribution is 2.33. The number of likely N-dealkylation sites (N-methyl/N-ethyl adjacent to an activating group) is 1. The van der Waals surface area contributed by atoms with Gasteiger partial charge in [0.15, 0.2) is 6.10 Å². The van der Waals surface area contributed by atoms with Gasteiger partial charge in [0.05, 0.1) is 5.69 Å². The number of aliphatic hydroxyl groups is 3. The van der Waals surface area contributed by atoms with E-state index in [2.05, 4.69) is 5.32 Å². The number of nitrogens with zero attached hydrogens (tertiary/aromatic N) is 1. The van der Waals surface area contributed by atoms with E-state index >= 15 is 0 Å². The molecule has 4 N–H and O–H groups in total. The first-order chi connectivity index (χ1) is 15.3. The van der Waals surface area contributed by atoms with Crippen LogP contribution in [0.5, 0.6) is 0 Å². The van der Waals surface area contributed by atoms with Gasteiger partial charge in [0, 0.05) is 24.8 Å². The number of aliphatic hydroxyl groups excluding tert-OH is 3. The third kappa shape index (κ3) is 5.71. The Balaban J connectivity index is 1.62. The predicted octanol–water partition coefficient (Wildman–Crippen LogP) is 1.08. The van der Waals surface area contributed by atoms with Crippen molar-refractivity contribution in [3.05, 3.63) is 36.4 Å². The molecule has 3 rings (SSSR count). The first-order valence-corrected chi connectivity index (χ1v) is 11.9. The van der Waals surface area contributed by atoms with Crippen molar-refractivity contribution in [3.63, 3.8) is 0 Å². The van der Waals surface area contributed by atoms with Crippen LogP contribution in [0.1, 0.15) is 25.7 Å². The van der Waals surface area contributed by atoms with Crippen LogP contribution < -0.4 is 10.2 Å². The molecule has 0 saturated heterocycles. The molecule has 1 aliphatic carbocycles. The van der Waals surface area contributed by atoms with Crippen molar-refractivity contribution in [2.24, 2.45) is 5.92 Å². The van der Waals surface area contributed by atoms with Crippen LogP contribution >= 0.6 is 11.8 Å². The Kier molecular flexibility index (Phi) is 8.72. The quantitative estimate of drug-likeness (QED) is 0.425. The standard InChI is InChI=1S/C23H32N2O6S/c1-25-16-9-5-6-10-18(16)32-13-15(23(25)30)24-22(29)21(31-2)20(28)19(27)17(26)12-11-14-7-3-4-8-14/h5-6,9-12,14-15,17,19-21,26-28H,3-4,7-8,13H2,1-2H3,(H,24,29)/t15-,17+,19-,20+,21+/m0/s1. The second-order valence-electron chi connectivity index (χ2n) is 8.29. The number of carbonyl (C=O) groups is 2. The summed E-state index contributed by atoms with van der Waals surface area (Å²) in [4.78, 5) is 28.1. The van der Waals surface area contributed by atoms with Crippen LogP contribution in [0.4, 0.5) is 5.69 Å². The van der Waals surface area contributed by atoms with Gasteiger partial charge in [-0.15, -0.1) is 11.8 Å². The molecule has 1 heterocycles. The van der Waals surface area contributed by atoms with Gasteiger partial charge in [0.2, 0.25) is 5.91 Å². The van der Waals surface area contributed by atoms with E-state index in [0.717, 1.165) is 36.3 Å². The van der Waals surface area contributed by atoms with Crippen molar-refractivity contribution >= 4 is 29.3 Å². The average Bonchev–Trinajstić information content (AvgIpc) is 3.29. The maximum Gasteiger partial charge on any atom is 0.252 e. The van der Waals surface area contributed by atoms with Crippen molar-refractivity contribution in [3.8, 4) is 0 Å². The lowest BCUT2D eigenvalue weighted by Crippen LogP contribution is -2.56. The van der Waals surface area contributed by atoms with Crippen LogP contribution in [-0.2, 0) is 14.3 Å². The van der Waals surface area contributed by atoms with Crippen molar-refractivity contribution in [1.29, 1.82) is 0 Å². The number of thioether (sulfide) groups is 1. The summed E-state index contributed by atoms with van der Waals surface area (Å²) < 4.78 is 5.13. The molecule has 8 nitrogen and oxygen atoms in total. The molecule has 2 aliphatic rings. The van der Waals surface area contributed by atoms with Crippen LogP contribution in [0.25, 0.3) is 0 Å². The SMILES string of the molecule is CO[C@@H](C(=O)N[C@H]1CSc2ccccc2N(C)C1=O)[C@H](O)[C@@H](O)[C@H](O)C=CC1CCCC1. The fourth-order valence-corrected chi connectivity index (χ4v) is 5.23. The lowest BCUT2D eigenvalue weighted by atomic mass is 9.99. The summed E-state index contributed by atoms with van der Waals surface area (Å²) in [6.07, 6.45) is 1.59. The zero-order chi connectivity index (χ0) is 23.3. The van der Waals surface area contributed by atoms with Gasteiger partial charge in [-0.1, -0.05) is 37.1 Å². The molecule has 1 aromatic rings. The van der Waals surface area contributed by atoms with Gasteiger partial charge in [-0.05, 0) is 30.9 Å². The number of hydrogen-bond acceptors (Lipinski definition) is 7. The number of benzene rings is 1. The summed E-state index contributed by atoms with van der Waals surface area (Å²) in [6.45, 7) is 0. The van der Waals surface area contributed by atoms with E-state index in [0.29, 0.717) is 11.7 Å². The van der Waals surface area contributed by atoms with Crippen molar-refractivity contribution < 1.29 is 29.6 Å². The van der Waals surface area contributed by atoms with E-state index < -0.39 is 36.4 Å². The maximum absolute atomic E-state index is 12.9. The largest absolute Gasteiger partial charge is 0.387 e. The summed E-state index contributed by atoms with van der Waals surface area (Å²) in [5.41, 5.74) is 0.759. The van der Waals surface area contributed by atoms with Crippen LogP contribution in [0, 0.1) is 5.92 Å². The Morgan fingerprint density at radius 2 is 1.91 bits per heavy atom. The summed E-state index contributed by atoms with van der Waals surface area (Å²) in [5, 5.41) is 33.8. The van der Waals surface area contributed by atoms with Crippen molar-refractivity contribution in [1.82, 2.24) is 5.32 Å². The number of para-hydroxylation sites is 1. The van der Waals surface area contributed by atoms with Crippen LogP contribution in [0.3, 0.4) is 0 Å². The van der Waals surface area contributed by atoms with Gasteiger partial charge >= 0.3 is 0 Å². The minimum atomic E-state index is -1.67. The maximum atomic E-state index is 12.9.